The van der Waals surface area contributed by atoms with E-state index in [4.69, 9.17) is 30.5 Å². The first-order chi connectivity index (χ1) is 29.7. The largest absolute Gasteiger partial charge is 0.497 e. The molecule has 0 aliphatic heterocycles. The second kappa shape index (κ2) is 20.5. The summed E-state index contributed by atoms with van der Waals surface area (Å²) in [5.41, 5.74) is -0.0232. The number of H-pyrrole nitrogens is 1. The van der Waals surface area contributed by atoms with Crippen molar-refractivity contribution in [2.24, 2.45) is 0 Å². The number of fused-ring (bicyclic) bond motifs is 2. The van der Waals surface area contributed by atoms with E-state index >= 15 is 0 Å². The van der Waals surface area contributed by atoms with Gasteiger partial charge in [0.15, 0.2) is 0 Å². The molecule has 4 aromatic carbocycles. The van der Waals surface area contributed by atoms with Crippen LogP contribution in [0.3, 0.4) is 0 Å². The molecule has 5 aromatic rings. The average molecular weight is 884 g/mol. The third kappa shape index (κ3) is 14.2. The highest BCUT2D eigenvalue weighted by atomic mass is 35.5. The number of anilines is 1. The van der Waals surface area contributed by atoms with Crippen LogP contribution in [0.25, 0.3) is 21.7 Å². The molecular formula is C47H54ClN5O10. The van der Waals surface area contributed by atoms with Crippen LogP contribution < -0.4 is 30.7 Å². The number of ether oxygens (including phenoxy) is 4. The van der Waals surface area contributed by atoms with Crippen molar-refractivity contribution in [3.05, 3.63) is 101 Å². The van der Waals surface area contributed by atoms with Gasteiger partial charge in [0.05, 0.1) is 20.6 Å². The smallest absolute Gasteiger partial charge is 0.308 e. The van der Waals surface area contributed by atoms with Gasteiger partial charge in [-0.15, -0.1) is 0 Å². The van der Waals surface area contributed by atoms with E-state index < -0.39 is 71.3 Å². The van der Waals surface area contributed by atoms with Gasteiger partial charge in [0.1, 0.15) is 46.5 Å². The number of aromatic amines is 1. The number of halogens is 1. The Balaban J connectivity index is 1.46. The van der Waals surface area contributed by atoms with Gasteiger partial charge in [-0.05, 0) is 88.6 Å². The van der Waals surface area contributed by atoms with Crippen LogP contribution in [0, 0.1) is 0 Å². The van der Waals surface area contributed by atoms with E-state index in [1.165, 1.54) is 26.4 Å². The molecule has 0 unspecified atom stereocenters. The van der Waals surface area contributed by atoms with Crippen molar-refractivity contribution in [3.63, 3.8) is 0 Å². The third-order valence-electron chi connectivity index (χ3n) is 9.44. The molecule has 1 heterocycles. The van der Waals surface area contributed by atoms with Crippen LogP contribution in [0.15, 0.2) is 84.9 Å². The van der Waals surface area contributed by atoms with Crippen molar-refractivity contribution in [2.45, 2.75) is 96.6 Å². The van der Waals surface area contributed by atoms with Gasteiger partial charge < -0.3 is 45.2 Å². The lowest BCUT2D eigenvalue weighted by atomic mass is 10.0. The van der Waals surface area contributed by atoms with Crippen molar-refractivity contribution in [3.8, 4) is 11.5 Å². The average Bonchev–Trinajstić information content (AvgIpc) is 3.63. The van der Waals surface area contributed by atoms with E-state index in [2.05, 4.69) is 26.3 Å². The molecule has 5 N–H and O–H groups in total. The summed E-state index contributed by atoms with van der Waals surface area (Å²) in [5.74, 6) is -3.80. The molecule has 1 aromatic heterocycles. The number of hydrogen-bond donors (Lipinski definition) is 5. The molecule has 4 amide bonds. The summed E-state index contributed by atoms with van der Waals surface area (Å²) >= 11 is 6.19. The third-order valence-corrected chi connectivity index (χ3v) is 9.67. The van der Waals surface area contributed by atoms with Crippen LogP contribution in [0.1, 0.15) is 76.9 Å². The maximum atomic E-state index is 14.5. The van der Waals surface area contributed by atoms with Gasteiger partial charge in [0.2, 0.25) is 17.7 Å². The van der Waals surface area contributed by atoms with Crippen molar-refractivity contribution in [1.82, 2.24) is 20.9 Å². The topological polar surface area (TPSA) is 203 Å². The minimum Gasteiger partial charge on any atom is -0.497 e. The summed E-state index contributed by atoms with van der Waals surface area (Å²) < 4.78 is 21.7. The Hall–Kier alpha value is -6.61. The molecule has 0 radical (unpaired) electrons. The van der Waals surface area contributed by atoms with Crippen molar-refractivity contribution < 1.29 is 47.7 Å². The summed E-state index contributed by atoms with van der Waals surface area (Å²) in [5, 5.41) is 13.8. The molecule has 0 spiro atoms. The Kier molecular flexibility index (Phi) is 15.4. The maximum absolute atomic E-state index is 14.5. The zero-order valence-corrected chi connectivity index (χ0v) is 37.4. The lowest BCUT2D eigenvalue weighted by Gasteiger charge is -2.27. The molecule has 334 valence electrons. The van der Waals surface area contributed by atoms with E-state index in [-0.39, 0.29) is 30.6 Å². The molecule has 0 bridgehead atoms. The predicted molar refractivity (Wildman–Crippen MR) is 240 cm³/mol. The highest BCUT2D eigenvalue weighted by Gasteiger charge is 2.34. The van der Waals surface area contributed by atoms with E-state index in [1.54, 1.807) is 71.9 Å². The van der Waals surface area contributed by atoms with Crippen LogP contribution >= 0.6 is 11.6 Å². The minimum atomic E-state index is -1.62. The summed E-state index contributed by atoms with van der Waals surface area (Å²) in [6.07, 6.45) is -1.17. The molecule has 0 aliphatic carbocycles. The lowest BCUT2D eigenvalue weighted by molar-refractivity contribution is -0.156. The molecule has 15 nitrogen and oxygen atoms in total. The first-order valence-corrected chi connectivity index (χ1v) is 20.7. The second-order valence-corrected chi connectivity index (χ2v) is 17.4. The minimum absolute atomic E-state index is 0.0137. The number of carbonyl (C=O) groups excluding carboxylic acids is 6. The number of esters is 2. The van der Waals surface area contributed by atoms with E-state index in [0.29, 0.717) is 33.0 Å². The Morgan fingerprint density at radius 3 is 1.90 bits per heavy atom. The number of rotatable bonds is 17. The Labute approximate surface area is 370 Å². The van der Waals surface area contributed by atoms with Crippen molar-refractivity contribution in [1.29, 1.82) is 0 Å². The fourth-order valence-electron chi connectivity index (χ4n) is 6.61. The summed E-state index contributed by atoms with van der Waals surface area (Å²) in [4.78, 5) is 85.8. The van der Waals surface area contributed by atoms with Gasteiger partial charge in [0, 0.05) is 52.7 Å². The number of benzene rings is 4. The number of aromatic nitrogens is 1. The molecule has 0 saturated heterocycles. The fraction of sp³-hybridized carbons (Fsp3) is 0.362. The van der Waals surface area contributed by atoms with Crippen LogP contribution in [-0.4, -0.2) is 84.1 Å². The number of hydrogen-bond acceptors (Lipinski definition) is 10. The molecule has 3 atom stereocenters. The van der Waals surface area contributed by atoms with E-state index in [0.717, 1.165) is 10.8 Å². The highest BCUT2D eigenvalue weighted by Crippen LogP contribution is 2.26. The van der Waals surface area contributed by atoms with E-state index in [9.17, 15) is 28.8 Å². The summed E-state index contributed by atoms with van der Waals surface area (Å²) in [7, 11) is 2.89. The highest BCUT2D eigenvalue weighted by molar-refractivity contribution is 6.31. The fourth-order valence-corrected chi connectivity index (χ4v) is 6.79. The summed E-state index contributed by atoms with van der Waals surface area (Å²) in [6, 6.07) is 20.4. The van der Waals surface area contributed by atoms with Crippen molar-refractivity contribution in [2.75, 3.05) is 19.5 Å². The van der Waals surface area contributed by atoms with Gasteiger partial charge in [-0.3, -0.25) is 28.8 Å². The van der Waals surface area contributed by atoms with Crippen molar-refractivity contribution >= 4 is 74.5 Å². The molecular weight excluding hydrogens is 830 g/mol. The zero-order chi connectivity index (χ0) is 46.1. The van der Waals surface area contributed by atoms with Crippen LogP contribution in [0.2, 0.25) is 5.02 Å². The monoisotopic (exact) mass is 883 g/mol. The normalized spacial score (nSPS) is 13.0. The van der Waals surface area contributed by atoms with Gasteiger partial charge >= 0.3 is 11.9 Å². The second-order valence-electron chi connectivity index (χ2n) is 17.0. The standard InChI is InChI=1S/C47H54ClN5O10/c1-46(2,3)62-40(54)18-17-36(42(56)49-32-23-33(60-7)25-34(24-32)61-8)51-45(59)39(26-41(55)63-47(4,5)6)53-43(57)37(20-27-13-14-28-11-9-10-12-29(28)19-27)52-44(58)38-22-30-21-31(48)15-16-35(30)50-38/h9-16,19,21-25,36-37,39,50H,17-18,20,26H2,1-8H3,(H,49,56)(H,51,59)(H,52,58)(H,53,57)/t36-,37-,39-/m0/s1. The molecule has 0 saturated carbocycles. The van der Waals surface area contributed by atoms with Crippen LogP contribution in [0.5, 0.6) is 11.5 Å². The Morgan fingerprint density at radius 1 is 0.635 bits per heavy atom. The lowest BCUT2D eigenvalue weighted by Crippen LogP contribution is -2.57. The van der Waals surface area contributed by atoms with Gasteiger partial charge in [-0.25, -0.2) is 0 Å². The SMILES string of the molecule is COc1cc(NC(=O)[C@H](CCC(=O)OC(C)(C)C)NC(=O)[C@H](CC(=O)OC(C)(C)C)NC(=O)[C@H](Cc2ccc3ccccc3c2)NC(=O)c2cc3cc(Cl)ccc3[nH]2)cc(OC)c1. The molecule has 5 rings (SSSR count). The van der Waals surface area contributed by atoms with E-state index in [1.807, 2.05) is 42.5 Å². The summed E-state index contributed by atoms with van der Waals surface area (Å²) in [6.45, 7) is 10.0. The number of carbonyl (C=O) groups is 6. The predicted octanol–water partition coefficient (Wildman–Crippen LogP) is 6.79. The van der Waals surface area contributed by atoms with Gasteiger partial charge in [0.25, 0.3) is 5.91 Å². The quantitative estimate of drug-likeness (QED) is 0.0619. The number of methoxy groups -OCH3 is 2. The van der Waals surface area contributed by atoms with Gasteiger partial charge in [-0.2, -0.15) is 0 Å². The molecule has 63 heavy (non-hydrogen) atoms. The number of amides is 4. The Bertz CT molecular complexity index is 2470. The Morgan fingerprint density at radius 2 is 1.25 bits per heavy atom. The molecule has 0 fully saturated rings. The number of nitrogens with one attached hydrogen (secondary N) is 5. The van der Waals surface area contributed by atoms with Crippen LogP contribution in [-0.2, 0) is 39.9 Å². The maximum Gasteiger partial charge on any atom is 0.308 e. The van der Waals surface area contributed by atoms with Crippen LogP contribution in [0.4, 0.5) is 5.69 Å². The first-order valence-electron chi connectivity index (χ1n) is 20.3. The van der Waals surface area contributed by atoms with Gasteiger partial charge in [-0.1, -0.05) is 54.1 Å². The zero-order valence-electron chi connectivity index (χ0n) is 36.6. The first kappa shape index (κ1) is 47.4. The molecule has 16 heteroatoms. The molecule has 0 aliphatic rings.